The average molecular weight is 425 g/mol. The molecule has 0 spiro atoms. The molecule has 1 saturated heterocycles. The third kappa shape index (κ3) is 3.75. The lowest BCUT2D eigenvalue weighted by molar-refractivity contribution is 0.0973. The number of rotatable bonds is 5. The molecule has 0 aliphatic carbocycles. The molecule has 31 heavy (non-hydrogen) atoms. The molecule has 1 aliphatic heterocycles. The number of anilines is 1. The van der Waals surface area contributed by atoms with Gasteiger partial charge < -0.3 is 9.64 Å². The van der Waals surface area contributed by atoms with Crippen molar-refractivity contribution in [1.82, 2.24) is 18.7 Å². The van der Waals surface area contributed by atoms with Crippen molar-refractivity contribution in [2.45, 2.75) is 32.2 Å². The quantitative estimate of drug-likeness (QED) is 0.578. The molecule has 0 saturated carbocycles. The van der Waals surface area contributed by atoms with Gasteiger partial charge in [-0.25, -0.2) is 4.79 Å². The Labute approximate surface area is 179 Å². The lowest BCUT2D eigenvalue weighted by atomic mass is 10.1. The van der Waals surface area contributed by atoms with E-state index in [1.165, 1.54) is 11.6 Å². The first-order valence-corrected chi connectivity index (χ1v) is 10.5. The van der Waals surface area contributed by atoms with Gasteiger partial charge in [0.1, 0.15) is 5.75 Å². The van der Waals surface area contributed by atoms with Crippen LogP contribution in [0.2, 0.25) is 0 Å². The van der Waals surface area contributed by atoms with Crippen LogP contribution in [0, 0.1) is 0 Å². The van der Waals surface area contributed by atoms with Gasteiger partial charge in [0.15, 0.2) is 16.9 Å². The predicted octanol–water partition coefficient (Wildman–Crippen LogP) is 1.71. The van der Waals surface area contributed by atoms with Gasteiger partial charge in [0, 0.05) is 32.7 Å². The normalized spacial score (nSPS) is 14.6. The highest BCUT2D eigenvalue weighted by molar-refractivity contribution is 5.97. The van der Waals surface area contributed by atoms with Crippen LogP contribution in [0.15, 0.2) is 33.9 Å². The molecule has 164 valence electrons. The third-order valence-electron chi connectivity index (χ3n) is 5.93. The lowest BCUT2D eigenvalue weighted by Crippen LogP contribution is -2.37. The van der Waals surface area contributed by atoms with Gasteiger partial charge >= 0.3 is 5.69 Å². The maximum absolute atomic E-state index is 13.1. The highest BCUT2D eigenvalue weighted by atomic mass is 16.5. The number of imidazole rings is 1. The topological polar surface area (TPSA) is 91.4 Å². The molecule has 4 rings (SSSR count). The number of methoxy groups -OCH3 is 1. The number of Topliss-reactive ketones (excluding diaryl/α,β-unsaturated/α-hetero) is 1. The second-order valence-corrected chi connectivity index (χ2v) is 7.93. The molecule has 3 heterocycles. The van der Waals surface area contributed by atoms with Crippen molar-refractivity contribution in [3.8, 4) is 5.75 Å². The van der Waals surface area contributed by atoms with E-state index in [-0.39, 0.29) is 17.8 Å². The molecule has 9 heteroatoms. The van der Waals surface area contributed by atoms with Crippen LogP contribution < -0.4 is 20.9 Å². The van der Waals surface area contributed by atoms with Gasteiger partial charge in [-0.05, 0) is 37.1 Å². The minimum absolute atomic E-state index is 0.0396. The van der Waals surface area contributed by atoms with Crippen molar-refractivity contribution in [1.29, 1.82) is 0 Å². The molecule has 1 aromatic carbocycles. The van der Waals surface area contributed by atoms with Crippen LogP contribution in [0.3, 0.4) is 0 Å². The third-order valence-corrected chi connectivity index (χ3v) is 5.93. The summed E-state index contributed by atoms with van der Waals surface area (Å²) in [4.78, 5) is 45.4. The Morgan fingerprint density at radius 3 is 2.26 bits per heavy atom. The van der Waals surface area contributed by atoms with Crippen LogP contribution in [-0.4, -0.2) is 44.7 Å². The lowest BCUT2D eigenvalue weighted by Gasteiger charge is -2.22. The number of carbonyl (C=O) groups excluding carboxylic acids is 1. The van der Waals surface area contributed by atoms with Crippen LogP contribution in [-0.2, 0) is 20.6 Å². The molecule has 0 radical (unpaired) electrons. The van der Waals surface area contributed by atoms with Gasteiger partial charge in [-0.3, -0.25) is 23.3 Å². The van der Waals surface area contributed by atoms with E-state index in [4.69, 9.17) is 4.74 Å². The fourth-order valence-electron chi connectivity index (χ4n) is 4.11. The molecule has 0 bridgehead atoms. The summed E-state index contributed by atoms with van der Waals surface area (Å²) >= 11 is 0. The molecule has 1 fully saturated rings. The zero-order valence-electron chi connectivity index (χ0n) is 18.1. The van der Waals surface area contributed by atoms with Crippen molar-refractivity contribution < 1.29 is 9.53 Å². The van der Waals surface area contributed by atoms with Crippen LogP contribution >= 0.6 is 0 Å². The van der Waals surface area contributed by atoms with Crippen LogP contribution in [0.4, 0.5) is 5.95 Å². The second kappa shape index (κ2) is 8.41. The number of benzene rings is 1. The number of hydrogen-bond donors (Lipinski definition) is 0. The van der Waals surface area contributed by atoms with E-state index in [0.29, 0.717) is 22.9 Å². The van der Waals surface area contributed by atoms with Gasteiger partial charge in [-0.15, -0.1) is 0 Å². The Morgan fingerprint density at radius 1 is 1.00 bits per heavy atom. The summed E-state index contributed by atoms with van der Waals surface area (Å²) in [7, 11) is 4.61. The van der Waals surface area contributed by atoms with E-state index in [1.54, 1.807) is 43.0 Å². The van der Waals surface area contributed by atoms with E-state index in [9.17, 15) is 14.4 Å². The first-order valence-electron chi connectivity index (χ1n) is 10.5. The number of aromatic nitrogens is 4. The summed E-state index contributed by atoms with van der Waals surface area (Å²) < 4.78 is 9.27. The van der Waals surface area contributed by atoms with E-state index >= 15 is 0 Å². The monoisotopic (exact) mass is 425 g/mol. The molecule has 3 aromatic rings. The summed E-state index contributed by atoms with van der Waals surface area (Å²) in [6.07, 6.45) is 4.32. The van der Waals surface area contributed by atoms with Crippen molar-refractivity contribution in [3.63, 3.8) is 0 Å². The predicted molar refractivity (Wildman–Crippen MR) is 118 cm³/mol. The van der Waals surface area contributed by atoms with E-state index in [1.807, 2.05) is 0 Å². The molecule has 1 aliphatic rings. The van der Waals surface area contributed by atoms with Crippen molar-refractivity contribution >= 4 is 22.9 Å². The van der Waals surface area contributed by atoms with Gasteiger partial charge in [0.25, 0.3) is 5.56 Å². The summed E-state index contributed by atoms with van der Waals surface area (Å²) in [6.45, 7) is 1.56. The number of nitrogens with zero attached hydrogens (tertiary/aromatic N) is 5. The van der Waals surface area contributed by atoms with Crippen molar-refractivity contribution in [2.75, 3.05) is 25.1 Å². The first-order chi connectivity index (χ1) is 14.9. The summed E-state index contributed by atoms with van der Waals surface area (Å²) in [5, 5.41) is 0. The molecular weight excluding hydrogens is 398 g/mol. The zero-order chi connectivity index (χ0) is 22.1. The molecule has 0 amide bonds. The average Bonchev–Trinajstić information content (AvgIpc) is 2.96. The fraction of sp³-hybridized carbons (Fsp3) is 0.455. The number of aryl methyl sites for hydroxylation is 1. The van der Waals surface area contributed by atoms with Crippen LogP contribution in [0.25, 0.3) is 11.2 Å². The first kappa shape index (κ1) is 20.9. The van der Waals surface area contributed by atoms with Crippen molar-refractivity contribution in [2.24, 2.45) is 14.1 Å². The number of hydrogen-bond acceptors (Lipinski definition) is 6. The maximum Gasteiger partial charge on any atom is 0.332 e. The molecule has 0 atom stereocenters. The minimum atomic E-state index is -0.450. The Kier molecular flexibility index (Phi) is 5.67. The summed E-state index contributed by atoms with van der Waals surface area (Å²) in [5.74, 6) is 1.09. The van der Waals surface area contributed by atoms with Gasteiger partial charge in [-0.1, -0.05) is 12.8 Å². The highest BCUT2D eigenvalue weighted by Gasteiger charge is 2.25. The number of ketones is 1. The smallest absolute Gasteiger partial charge is 0.332 e. The number of ether oxygens (including phenoxy) is 1. The molecule has 2 aromatic heterocycles. The van der Waals surface area contributed by atoms with Gasteiger partial charge in [0.05, 0.1) is 13.7 Å². The summed E-state index contributed by atoms with van der Waals surface area (Å²) in [6, 6.07) is 6.88. The largest absolute Gasteiger partial charge is 0.497 e. The highest BCUT2D eigenvalue weighted by Crippen LogP contribution is 2.24. The summed E-state index contributed by atoms with van der Waals surface area (Å²) in [5.41, 5.74) is 0.201. The van der Waals surface area contributed by atoms with Gasteiger partial charge in [0.2, 0.25) is 5.95 Å². The van der Waals surface area contributed by atoms with Crippen LogP contribution in [0.1, 0.15) is 36.0 Å². The van der Waals surface area contributed by atoms with Gasteiger partial charge in [-0.2, -0.15) is 4.98 Å². The second-order valence-electron chi connectivity index (χ2n) is 7.93. The molecule has 0 N–H and O–H groups in total. The van der Waals surface area contributed by atoms with E-state index in [0.717, 1.165) is 43.3 Å². The Balaban J connectivity index is 1.86. The number of carbonyl (C=O) groups is 1. The Bertz CT molecular complexity index is 1230. The molecular formula is C22H27N5O4. The Hall–Kier alpha value is -3.36. The van der Waals surface area contributed by atoms with E-state index < -0.39 is 11.2 Å². The van der Waals surface area contributed by atoms with E-state index in [2.05, 4.69) is 9.88 Å². The Morgan fingerprint density at radius 2 is 1.65 bits per heavy atom. The maximum atomic E-state index is 13.1. The van der Waals surface area contributed by atoms with Crippen LogP contribution in [0.5, 0.6) is 5.75 Å². The van der Waals surface area contributed by atoms with Crippen molar-refractivity contribution in [3.05, 3.63) is 50.7 Å². The SMILES string of the molecule is COc1ccc(C(=O)Cn2c(N3CCCCCC3)nc3c2c(=O)n(C)c(=O)n3C)cc1. The molecule has 9 nitrogen and oxygen atoms in total. The zero-order valence-corrected chi connectivity index (χ0v) is 18.1. The number of fused-ring (bicyclic) bond motifs is 1. The fourth-order valence-corrected chi connectivity index (χ4v) is 4.11. The minimum Gasteiger partial charge on any atom is -0.497 e. The molecule has 0 unspecified atom stereocenters. The standard InChI is InChI=1S/C22H27N5O4/c1-24-19-18(20(29)25(2)22(24)30)27(21(23-19)26-12-6-4-5-7-13-26)14-17(28)15-8-10-16(31-3)11-9-15/h8-11H,4-7,12-14H2,1-3H3.